The Labute approximate surface area is 121 Å². The minimum atomic E-state index is -0.343. The van der Waals surface area contributed by atoms with E-state index in [-0.39, 0.29) is 11.5 Å². The van der Waals surface area contributed by atoms with Gasteiger partial charge in [-0.05, 0) is 29.8 Å². The second-order valence-corrected chi connectivity index (χ2v) is 4.77. The molecule has 0 bridgehead atoms. The average molecular weight is 295 g/mol. The molecule has 2 aromatic carbocycles. The van der Waals surface area contributed by atoms with Crippen LogP contribution in [0, 0.1) is 0 Å². The maximum Gasteiger partial charge on any atom is 0.258 e. The smallest absolute Gasteiger partial charge is 0.258 e. The highest BCUT2D eigenvalue weighted by Crippen LogP contribution is 2.25. The minimum absolute atomic E-state index is 0.268. The summed E-state index contributed by atoms with van der Waals surface area (Å²) in [5, 5.41) is 3.39. The first-order chi connectivity index (χ1) is 9.11. The molecule has 0 aromatic heterocycles. The number of carbonyl (C=O) groups is 1. The van der Waals surface area contributed by atoms with Crippen LogP contribution in [-0.4, -0.2) is 5.91 Å². The van der Waals surface area contributed by atoms with Crippen molar-refractivity contribution in [1.82, 2.24) is 0 Å². The van der Waals surface area contributed by atoms with Crippen LogP contribution in [0.2, 0.25) is 10.0 Å². The molecule has 0 radical (unpaired) electrons. The molecule has 0 spiro atoms. The van der Waals surface area contributed by atoms with Crippen molar-refractivity contribution in [3.63, 3.8) is 0 Å². The van der Waals surface area contributed by atoms with Crippen LogP contribution in [0.1, 0.15) is 15.9 Å². The quantitative estimate of drug-likeness (QED) is 0.907. The van der Waals surface area contributed by atoms with Crippen LogP contribution in [0.3, 0.4) is 0 Å². The Hall–Kier alpha value is -1.55. The topological polar surface area (TPSA) is 55.1 Å². The van der Waals surface area contributed by atoms with E-state index in [2.05, 4.69) is 5.32 Å². The molecule has 3 nitrogen and oxygen atoms in total. The van der Waals surface area contributed by atoms with Gasteiger partial charge in [-0.3, -0.25) is 4.79 Å². The molecule has 5 heteroatoms. The van der Waals surface area contributed by atoms with Gasteiger partial charge in [-0.15, -0.1) is 0 Å². The van der Waals surface area contributed by atoms with Crippen molar-refractivity contribution in [1.29, 1.82) is 0 Å². The summed E-state index contributed by atoms with van der Waals surface area (Å²) in [6.45, 7) is 0.413. The number of rotatable bonds is 3. The largest absolute Gasteiger partial charge is 0.326 e. The van der Waals surface area contributed by atoms with Gasteiger partial charge in [-0.25, -0.2) is 0 Å². The molecule has 0 saturated carbocycles. The third kappa shape index (κ3) is 3.26. The highest BCUT2D eigenvalue weighted by atomic mass is 35.5. The second kappa shape index (κ2) is 6.06. The summed E-state index contributed by atoms with van der Waals surface area (Å²) in [5.74, 6) is -0.343. The molecule has 2 rings (SSSR count). The van der Waals surface area contributed by atoms with Gasteiger partial charge in [0.25, 0.3) is 5.91 Å². The van der Waals surface area contributed by atoms with Gasteiger partial charge in [0, 0.05) is 12.2 Å². The number of nitrogens with one attached hydrogen (secondary N) is 1. The molecule has 98 valence electrons. The number of amides is 1. The first-order valence-corrected chi connectivity index (χ1v) is 6.42. The van der Waals surface area contributed by atoms with Crippen molar-refractivity contribution in [2.24, 2.45) is 5.73 Å². The van der Waals surface area contributed by atoms with Gasteiger partial charge >= 0.3 is 0 Å². The van der Waals surface area contributed by atoms with Crippen LogP contribution in [0.5, 0.6) is 0 Å². The van der Waals surface area contributed by atoms with Gasteiger partial charge in [0.2, 0.25) is 0 Å². The van der Waals surface area contributed by atoms with Gasteiger partial charge in [-0.2, -0.15) is 0 Å². The van der Waals surface area contributed by atoms with E-state index < -0.39 is 0 Å². The van der Waals surface area contributed by atoms with Crippen LogP contribution >= 0.6 is 23.2 Å². The van der Waals surface area contributed by atoms with Gasteiger partial charge in [0.15, 0.2) is 0 Å². The van der Waals surface area contributed by atoms with Crippen LogP contribution in [0.15, 0.2) is 42.5 Å². The van der Waals surface area contributed by atoms with Crippen LogP contribution in [0.4, 0.5) is 5.69 Å². The van der Waals surface area contributed by atoms with E-state index in [9.17, 15) is 4.79 Å². The SMILES string of the molecule is NCc1cccc(NC(=O)c2c(Cl)cccc2Cl)c1. The second-order valence-electron chi connectivity index (χ2n) is 3.96. The molecule has 0 aliphatic carbocycles. The van der Waals surface area contributed by atoms with E-state index in [1.54, 1.807) is 24.3 Å². The minimum Gasteiger partial charge on any atom is -0.326 e. The number of hydrogen-bond acceptors (Lipinski definition) is 2. The first-order valence-electron chi connectivity index (χ1n) is 5.66. The molecular weight excluding hydrogens is 283 g/mol. The molecule has 0 fully saturated rings. The lowest BCUT2D eigenvalue weighted by Crippen LogP contribution is -2.13. The van der Waals surface area contributed by atoms with E-state index >= 15 is 0 Å². The van der Waals surface area contributed by atoms with E-state index in [0.29, 0.717) is 22.3 Å². The van der Waals surface area contributed by atoms with E-state index in [0.717, 1.165) is 5.56 Å². The summed E-state index contributed by atoms with van der Waals surface area (Å²) < 4.78 is 0. The molecule has 0 aliphatic rings. The summed E-state index contributed by atoms with van der Waals surface area (Å²) in [7, 11) is 0. The zero-order chi connectivity index (χ0) is 13.8. The standard InChI is InChI=1S/C14H12Cl2N2O/c15-11-5-2-6-12(16)13(11)14(19)18-10-4-1-3-9(7-10)8-17/h1-7H,8,17H2,(H,18,19). The van der Waals surface area contributed by atoms with Gasteiger partial charge < -0.3 is 11.1 Å². The van der Waals surface area contributed by atoms with E-state index in [1.807, 2.05) is 18.2 Å². The molecule has 0 saturated heterocycles. The summed E-state index contributed by atoms with van der Waals surface area (Å²) in [6.07, 6.45) is 0. The Kier molecular flexibility index (Phi) is 4.43. The summed E-state index contributed by atoms with van der Waals surface area (Å²) in [6, 6.07) is 12.2. The maximum absolute atomic E-state index is 12.1. The predicted octanol–water partition coefficient (Wildman–Crippen LogP) is 3.70. The molecule has 19 heavy (non-hydrogen) atoms. The average Bonchev–Trinajstić information content (AvgIpc) is 2.38. The fourth-order valence-electron chi connectivity index (χ4n) is 1.68. The van der Waals surface area contributed by atoms with Crippen LogP contribution in [0.25, 0.3) is 0 Å². The van der Waals surface area contributed by atoms with Crippen molar-refractivity contribution in [2.45, 2.75) is 6.54 Å². The number of hydrogen-bond donors (Lipinski definition) is 2. The van der Waals surface area contributed by atoms with Gasteiger partial charge in [0.05, 0.1) is 15.6 Å². The highest BCUT2D eigenvalue weighted by Gasteiger charge is 2.14. The van der Waals surface area contributed by atoms with Crippen LogP contribution in [-0.2, 0) is 6.54 Å². The van der Waals surface area contributed by atoms with Crippen molar-refractivity contribution in [3.05, 3.63) is 63.6 Å². The Morgan fingerprint density at radius 3 is 2.37 bits per heavy atom. The van der Waals surface area contributed by atoms with Crippen molar-refractivity contribution in [2.75, 3.05) is 5.32 Å². The fraction of sp³-hybridized carbons (Fsp3) is 0.0714. The van der Waals surface area contributed by atoms with Crippen molar-refractivity contribution >= 4 is 34.8 Å². The van der Waals surface area contributed by atoms with Crippen LogP contribution < -0.4 is 11.1 Å². The normalized spacial score (nSPS) is 10.3. The molecule has 1 amide bonds. The third-order valence-electron chi connectivity index (χ3n) is 2.61. The van der Waals surface area contributed by atoms with E-state index in [1.165, 1.54) is 0 Å². The Balaban J connectivity index is 2.26. The highest BCUT2D eigenvalue weighted by molar-refractivity contribution is 6.40. The zero-order valence-electron chi connectivity index (χ0n) is 9.99. The first kappa shape index (κ1) is 13.9. The Morgan fingerprint density at radius 2 is 1.74 bits per heavy atom. The molecule has 0 heterocycles. The predicted molar refractivity (Wildman–Crippen MR) is 78.7 cm³/mol. The molecule has 2 aromatic rings. The van der Waals surface area contributed by atoms with Gasteiger partial charge in [-0.1, -0.05) is 41.4 Å². The zero-order valence-corrected chi connectivity index (χ0v) is 11.5. The van der Waals surface area contributed by atoms with Crippen molar-refractivity contribution in [3.8, 4) is 0 Å². The lowest BCUT2D eigenvalue weighted by atomic mass is 10.1. The molecule has 0 unspecified atom stereocenters. The number of carbonyl (C=O) groups excluding carboxylic acids is 1. The number of benzene rings is 2. The molecule has 0 aliphatic heterocycles. The lowest BCUT2D eigenvalue weighted by molar-refractivity contribution is 0.102. The molecular formula is C14H12Cl2N2O. The van der Waals surface area contributed by atoms with Crippen molar-refractivity contribution < 1.29 is 4.79 Å². The number of halogens is 2. The monoisotopic (exact) mass is 294 g/mol. The van der Waals surface area contributed by atoms with E-state index in [4.69, 9.17) is 28.9 Å². The van der Waals surface area contributed by atoms with Gasteiger partial charge in [0.1, 0.15) is 0 Å². The Bertz CT molecular complexity index is 594. The number of anilines is 1. The molecule has 0 atom stereocenters. The summed E-state index contributed by atoms with van der Waals surface area (Å²) in [5.41, 5.74) is 7.41. The maximum atomic E-state index is 12.1. The number of nitrogens with two attached hydrogens (primary N) is 1. The lowest BCUT2D eigenvalue weighted by Gasteiger charge is -2.09. The third-order valence-corrected chi connectivity index (χ3v) is 3.24. The summed E-state index contributed by atoms with van der Waals surface area (Å²) in [4.78, 5) is 12.1. The molecule has 3 N–H and O–H groups in total. The summed E-state index contributed by atoms with van der Waals surface area (Å²) >= 11 is 12.0. The fourth-order valence-corrected chi connectivity index (χ4v) is 2.25. The Morgan fingerprint density at radius 1 is 1.11 bits per heavy atom.